The zero-order valence-electron chi connectivity index (χ0n) is 13.9. The van der Waals surface area contributed by atoms with E-state index in [4.69, 9.17) is 10.00 Å². The number of para-hydroxylation sites is 1. The summed E-state index contributed by atoms with van der Waals surface area (Å²) in [5, 5.41) is 9.12. The molecule has 0 atom stereocenters. The Labute approximate surface area is 137 Å². The van der Waals surface area contributed by atoms with Crippen molar-refractivity contribution in [3.63, 3.8) is 0 Å². The summed E-state index contributed by atoms with van der Waals surface area (Å²) in [6, 6.07) is 13.1. The van der Waals surface area contributed by atoms with Gasteiger partial charge in [-0.2, -0.15) is 5.26 Å². The van der Waals surface area contributed by atoms with Crippen molar-refractivity contribution in [2.45, 2.75) is 33.7 Å². The predicted octanol–water partition coefficient (Wildman–Crippen LogP) is 3.83. The minimum atomic E-state index is -0.246. The Morgan fingerprint density at radius 2 is 1.96 bits per heavy atom. The first-order valence-electron chi connectivity index (χ1n) is 7.94. The highest BCUT2D eigenvalue weighted by Crippen LogP contribution is 2.29. The van der Waals surface area contributed by atoms with E-state index < -0.39 is 0 Å². The summed E-state index contributed by atoms with van der Waals surface area (Å²) in [5.74, 6) is 1.06. The van der Waals surface area contributed by atoms with E-state index in [0.29, 0.717) is 19.1 Å². The fourth-order valence-corrected chi connectivity index (χ4v) is 2.46. The van der Waals surface area contributed by atoms with Gasteiger partial charge in [0, 0.05) is 12.1 Å². The van der Waals surface area contributed by atoms with Crippen LogP contribution in [0, 0.1) is 17.2 Å². The smallest absolute Gasteiger partial charge is 0.268 e. The van der Waals surface area contributed by atoms with Gasteiger partial charge < -0.3 is 9.30 Å². The van der Waals surface area contributed by atoms with Crippen LogP contribution in [0.2, 0.25) is 0 Å². The van der Waals surface area contributed by atoms with Gasteiger partial charge in [0.05, 0.1) is 12.3 Å². The topological polar surface area (TPSA) is 55.0 Å². The lowest BCUT2D eigenvalue weighted by Crippen LogP contribution is -2.26. The lowest BCUT2D eigenvalue weighted by Gasteiger charge is -2.18. The monoisotopic (exact) mass is 310 g/mol. The molecule has 1 aromatic carbocycles. The summed E-state index contributed by atoms with van der Waals surface area (Å²) in [6.45, 7) is 7.34. The molecule has 2 aromatic rings. The van der Waals surface area contributed by atoms with E-state index in [-0.39, 0.29) is 11.1 Å². The zero-order chi connectivity index (χ0) is 16.8. The van der Waals surface area contributed by atoms with Gasteiger partial charge in [-0.05, 0) is 36.6 Å². The van der Waals surface area contributed by atoms with Crippen LogP contribution in [0.1, 0.15) is 32.8 Å². The lowest BCUT2D eigenvalue weighted by molar-refractivity contribution is 0.318. The third kappa shape index (κ3) is 3.81. The summed E-state index contributed by atoms with van der Waals surface area (Å²) in [6.07, 6.45) is 0.917. The molecule has 0 aliphatic heterocycles. The molecule has 0 N–H and O–H groups in total. The van der Waals surface area contributed by atoms with Crippen LogP contribution in [-0.4, -0.2) is 11.2 Å². The van der Waals surface area contributed by atoms with Crippen molar-refractivity contribution < 1.29 is 4.74 Å². The third-order valence-corrected chi connectivity index (χ3v) is 3.47. The van der Waals surface area contributed by atoms with Gasteiger partial charge in [0.25, 0.3) is 5.56 Å². The summed E-state index contributed by atoms with van der Waals surface area (Å²) < 4.78 is 7.49. The number of nitriles is 1. The van der Waals surface area contributed by atoms with Crippen molar-refractivity contribution in [3.8, 4) is 23.1 Å². The van der Waals surface area contributed by atoms with Crippen molar-refractivity contribution in [3.05, 3.63) is 52.3 Å². The van der Waals surface area contributed by atoms with Crippen LogP contribution in [0.25, 0.3) is 11.3 Å². The second kappa shape index (κ2) is 7.64. The minimum Gasteiger partial charge on any atom is -0.493 e. The van der Waals surface area contributed by atoms with E-state index in [1.165, 1.54) is 0 Å². The Hall–Kier alpha value is -2.54. The van der Waals surface area contributed by atoms with Crippen molar-refractivity contribution in [1.29, 1.82) is 5.26 Å². The SMILES string of the molecule is CCCOc1ccccc1-c1ccc(C#N)c(=O)n1CC(C)C. The summed E-state index contributed by atoms with van der Waals surface area (Å²) >= 11 is 0. The normalized spacial score (nSPS) is 10.6. The first kappa shape index (κ1) is 16.8. The van der Waals surface area contributed by atoms with Crippen LogP contribution in [0.3, 0.4) is 0 Å². The molecular weight excluding hydrogens is 288 g/mol. The maximum Gasteiger partial charge on any atom is 0.268 e. The average molecular weight is 310 g/mol. The predicted molar refractivity (Wildman–Crippen MR) is 91.5 cm³/mol. The van der Waals surface area contributed by atoms with Crippen molar-refractivity contribution in [2.75, 3.05) is 6.61 Å². The van der Waals surface area contributed by atoms with Crippen LogP contribution in [-0.2, 0) is 6.54 Å². The van der Waals surface area contributed by atoms with Gasteiger partial charge in [-0.1, -0.05) is 32.9 Å². The summed E-state index contributed by atoms with van der Waals surface area (Å²) in [4.78, 5) is 12.6. The highest BCUT2D eigenvalue weighted by Gasteiger charge is 2.14. The Morgan fingerprint density at radius 3 is 2.61 bits per heavy atom. The molecule has 120 valence electrons. The average Bonchev–Trinajstić information content (AvgIpc) is 2.55. The molecule has 0 aliphatic carbocycles. The Balaban J connectivity index is 2.62. The van der Waals surface area contributed by atoms with Gasteiger partial charge in [-0.25, -0.2) is 0 Å². The van der Waals surface area contributed by atoms with Crippen LogP contribution in [0.4, 0.5) is 0 Å². The number of aromatic nitrogens is 1. The van der Waals surface area contributed by atoms with Gasteiger partial charge in [0.15, 0.2) is 0 Å². The Kier molecular flexibility index (Phi) is 5.59. The van der Waals surface area contributed by atoms with Gasteiger partial charge in [-0.15, -0.1) is 0 Å². The second-order valence-corrected chi connectivity index (χ2v) is 5.90. The Bertz CT molecular complexity index is 770. The van der Waals surface area contributed by atoms with Gasteiger partial charge in [0.2, 0.25) is 0 Å². The van der Waals surface area contributed by atoms with E-state index >= 15 is 0 Å². The largest absolute Gasteiger partial charge is 0.493 e. The fourth-order valence-electron chi connectivity index (χ4n) is 2.46. The van der Waals surface area contributed by atoms with Crippen molar-refractivity contribution >= 4 is 0 Å². The summed E-state index contributed by atoms with van der Waals surface area (Å²) in [7, 11) is 0. The highest BCUT2D eigenvalue weighted by atomic mass is 16.5. The molecule has 2 rings (SSSR count). The molecule has 0 saturated heterocycles. The molecule has 0 unspecified atom stereocenters. The standard InChI is InChI=1S/C19H22N2O2/c1-4-11-23-18-8-6-5-7-16(18)17-10-9-15(12-20)19(22)21(17)13-14(2)3/h5-10,14H,4,11,13H2,1-3H3. The maximum atomic E-state index is 12.6. The molecule has 23 heavy (non-hydrogen) atoms. The van der Waals surface area contributed by atoms with E-state index in [0.717, 1.165) is 23.4 Å². The number of benzene rings is 1. The lowest BCUT2D eigenvalue weighted by atomic mass is 10.1. The van der Waals surface area contributed by atoms with E-state index in [2.05, 4.69) is 20.8 Å². The molecule has 1 aromatic heterocycles. The number of pyridine rings is 1. The summed E-state index contributed by atoms with van der Waals surface area (Å²) in [5.41, 5.74) is 1.59. The van der Waals surface area contributed by atoms with Gasteiger partial charge >= 0.3 is 0 Å². The molecule has 1 heterocycles. The van der Waals surface area contributed by atoms with Crippen LogP contribution < -0.4 is 10.3 Å². The molecule has 4 nitrogen and oxygen atoms in total. The van der Waals surface area contributed by atoms with Crippen LogP contribution >= 0.6 is 0 Å². The minimum absolute atomic E-state index is 0.168. The number of hydrogen-bond donors (Lipinski definition) is 0. The first-order chi connectivity index (χ1) is 11.1. The first-order valence-corrected chi connectivity index (χ1v) is 7.94. The molecule has 0 radical (unpaired) electrons. The molecule has 0 amide bonds. The maximum absolute atomic E-state index is 12.6. The highest BCUT2D eigenvalue weighted by molar-refractivity contribution is 5.68. The van der Waals surface area contributed by atoms with Crippen molar-refractivity contribution in [1.82, 2.24) is 4.57 Å². The van der Waals surface area contributed by atoms with E-state index in [1.54, 1.807) is 10.6 Å². The molecule has 0 aliphatic rings. The number of rotatable bonds is 6. The number of ether oxygens (including phenoxy) is 1. The van der Waals surface area contributed by atoms with Crippen LogP contribution in [0.5, 0.6) is 5.75 Å². The molecule has 0 fully saturated rings. The van der Waals surface area contributed by atoms with E-state index in [1.807, 2.05) is 36.4 Å². The molecule has 4 heteroatoms. The zero-order valence-corrected chi connectivity index (χ0v) is 13.9. The molecule has 0 saturated carbocycles. The number of nitrogens with zero attached hydrogens (tertiary/aromatic N) is 2. The quantitative estimate of drug-likeness (QED) is 0.814. The van der Waals surface area contributed by atoms with Crippen LogP contribution in [0.15, 0.2) is 41.2 Å². The molecular formula is C19H22N2O2. The molecule has 0 spiro atoms. The van der Waals surface area contributed by atoms with Crippen molar-refractivity contribution in [2.24, 2.45) is 5.92 Å². The third-order valence-electron chi connectivity index (χ3n) is 3.47. The van der Waals surface area contributed by atoms with E-state index in [9.17, 15) is 4.79 Å². The number of hydrogen-bond acceptors (Lipinski definition) is 3. The molecule has 0 bridgehead atoms. The fraction of sp³-hybridized carbons (Fsp3) is 0.368. The van der Waals surface area contributed by atoms with Gasteiger partial charge in [-0.3, -0.25) is 4.79 Å². The second-order valence-electron chi connectivity index (χ2n) is 5.90. The Morgan fingerprint density at radius 1 is 1.22 bits per heavy atom. The van der Waals surface area contributed by atoms with Gasteiger partial charge in [0.1, 0.15) is 17.4 Å².